The van der Waals surface area contributed by atoms with Crippen molar-refractivity contribution in [2.24, 2.45) is 5.92 Å². The summed E-state index contributed by atoms with van der Waals surface area (Å²) in [6.45, 7) is 1.59. The number of pyridine rings is 1. The van der Waals surface area contributed by atoms with Crippen molar-refractivity contribution in [1.82, 2.24) is 15.2 Å². The Kier molecular flexibility index (Phi) is 5.67. The van der Waals surface area contributed by atoms with E-state index in [2.05, 4.69) is 17.6 Å². The lowest BCUT2D eigenvalue weighted by atomic mass is 9.86. The van der Waals surface area contributed by atoms with Crippen LogP contribution in [0, 0.1) is 16.0 Å². The Morgan fingerprint density at radius 1 is 1.33 bits per heavy atom. The third-order valence-corrected chi connectivity index (χ3v) is 4.17. The van der Waals surface area contributed by atoms with Crippen molar-refractivity contribution in [3.05, 3.63) is 38.8 Å². The highest BCUT2D eigenvalue weighted by molar-refractivity contribution is 5.94. The van der Waals surface area contributed by atoms with Crippen LogP contribution in [0.1, 0.15) is 32.6 Å². The maximum atomic E-state index is 11.9. The number of hydrogen-bond acceptors (Lipinski definition) is 5. The predicted molar refractivity (Wildman–Crippen MR) is 85.5 cm³/mol. The molecule has 0 spiro atoms. The first-order chi connectivity index (χ1) is 11.4. The Balaban J connectivity index is 1.93. The molecular weight excluding hydrogens is 316 g/mol. The summed E-state index contributed by atoms with van der Waals surface area (Å²) in [5.41, 5.74) is -0.861. The monoisotopic (exact) mass is 336 g/mol. The van der Waals surface area contributed by atoms with E-state index in [-0.39, 0.29) is 11.7 Å². The number of nitrogens with zero attached hydrogens (tertiary/aromatic N) is 2. The summed E-state index contributed by atoms with van der Waals surface area (Å²) in [5, 5.41) is 15.6. The van der Waals surface area contributed by atoms with Crippen LogP contribution >= 0.6 is 0 Å². The van der Waals surface area contributed by atoms with Crippen molar-refractivity contribution in [3.8, 4) is 0 Å². The molecule has 2 rings (SSSR count). The molecule has 9 nitrogen and oxygen atoms in total. The van der Waals surface area contributed by atoms with Gasteiger partial charge in [0.2, 0.25) is 5.91 Å². The highest BCUT2D eigenvalue weighted by Crippen LogP contribution is 2.23. The number of nitrogens with one attached hydrogen (secondary N) is 2. The van der Waals surface area contributed by atoms with Crippen molar-refractivity contribution < 1.29 is 14.5 Å². The van der Waals surface area contributed by atoms with Gasteiger partial charge in [-0.25, -0.2) is 4.79 Å². The lowest BCUT2D eigenvalue weighted by Crippen LogP contribution is -2.48. The largest absolute Gasteiger partial charge is 0.335 e. The highest BCUT2D eigenvalue weighted by Gasteiger charge is 2.23. The summed E-state index contributed by atoms with van der Waals surface area (Å²) in [6, 6.07) is 1.48. The third kappa shape index (κ3) is 4.64. The van der Waals surface area contributed by atoms with Crippen molar-refractivity contribution in [2.75, 3.05) is 0 Å². The van der Waals surface area contributed by atoms with E-state index < -0.39 is 29.0 Å². The number of urea groups is 1. The molecule has 0 saturated heterocycles. The van der Waals surface area contributed by atoms with E-state index in [0.717, 1.165) is 48.6 Å². The highest BCUT2D eigenvalue weighted by atomic mass is 16.6. The molecule has 1 aliphatic rings. The molecule has 1 saturated carbocycles. The second kappa shape index (κ2) is 7.71. The molecule has 1 fully saturated rings. The van der Waals surface area contributed by atoms with Crippen molar-refractivity contribution in [1.29, 1.82) is 0 Å². The Hall–Kier alpha value is -2.71. The molecule has 130 valence electrons. The molecule has 0 aromatic carbocycles. The van der Waals surface area contributed by atoms with Gasteiger partial charge < -0.3 is 5.32 Å². The van der Waals surface area contributed by atoms with Crippen LogP contribution in [0.2, 0.25) is 0 Å². The summed E-state index contributed by atoms with van der Waals surface area (Å²) in [7, 11) is 0. The van der Waals surface area contributed by atoms with E-state index in [1.165, 1.54) is 0 Å². The van der Waals surface area contributed by atoms with Gasteiger partial charge in [0.05, 0.1) is 11.1 Å². The van der Waals surface area contributed by atoms with Crippen LogP contribution in [-0.2, 0) is 11.3 Å². The fourth-order valence-electron chi connectivity index (χ4n) is 2.81. The number of nitro groups is 1. The smallest absolute Gasteiger partial charge is 0.321 e. The first-order valence-corrected chi connectivity index (χ1v) is 7.82. The average Bonchev–Trinajstić information content (AvgIpc) is 2.51. The maximum absolute atomic E-state index is 11.9. The van der Waals surface area contributed by atoms with E-state index in [1.807, 2.05) is 0 Å². The average molecular weight is 336 g/mol. The van der Waals surface area contributed by atoms with Gasteiger partial charge >= 0.3 is 6.03 Å². The van der Waals surface area contributed by atoms with Crippen molar-refractivity contribution in [2.45, 2.75) is 45.2 Å². The van der Waals surface area contributed by atoms with Crippen LogP contribution in [-0.4, -0.2) is 27.5 Å². The molecule has 1 aromatic rings. The summed E-state index contributed by atoms with van der Waals surface area (Å²) < 4.78 is 0.893. The summed E-state index contributed by atoms with van der Waals surface area (Å²) in [4.78, 5) is 45.4. The van der Waals surface area contributed by atoms with Crippen LogP contribution in [0.25, 0.3) is 0 Å². The zero-order valence-corrected chi connectivity index (χ0v) is 13.4. The normalized spacial score (nSPS) is 20.2. The van der Waals surface area contributed by atoms with Gasteiger partial charge in [0.1, 0.15) is 6.54 Å². The van der Waals surface area contributed by atoms with E-state index in [4.69, 9.17) is 0 Å². The first kappa shape index (κ1) is 17.6. The van der Waals surface area contributed by atoms with Gasteiger partial charge in [-0.2, -0.15) is 0 Å². The molecule has 9 heteroatoms. The van der Waals surface area contributed by atoms with Gasteiger partial charge in [0.25, 0.3) is 11.2 Å². The Bertz CT molecular complexity index is 699. The van der Waals surface area contributed by atoms with Gasteiger partial charge in [0, 0.05) is 18.2 Å². The minimum absolute atomic E-state index is 0.0204. The molecule has 24 heavy (non-hydrogen) atoms. The van der Waals surface area contributed by atoms with E-state index in [0.29, 0.717) is 5.92 Å². The van der Waals surface area contributed by atoms with E-state index in [9.17, 15) is 24.5 Å². The van der Waals surface area contributed by atoms with Gasteiger partial charge in [-0.05, 0) is 18.8 Å². The lowest BCUT2D eigenvalue weighted by Gasteiger charge is -2.29. The Morgan fingerprint density at radius 2 is 2.04 bits per heavy atom. The number of carbonyl (C=O) groups is 2. The van der Waals surface area contributed by atoms with Gasteiger partial charge in [-0.3, -0.25) is 29.6 Å². The fraction of sp³-hybridized carbons (Fsp3) is 0.533. The summed E-state index contributed by atoms with van der Waals surface area (Å²) in [5.74, 6) is -0.363. The minimum Gasteiger partial charge on any atom is -0.335 e. The topological polar surface area (TPSA) is 123 Å². The van der Waals surface area contributed by atoms with Gasteiger partial charge in [-0.15, -0.1) is 0 Å². The number of imide groups is 1. The molecule has 1 heterocycles. The summed E-state index contributed by atoms with van der Waals surface area (Å²) in [6.07, 6.45) is 5.04. The minimum atomic E-state index is -0.710. The van der Waals surface area contributed by atoms with Gasteiger partial charge in [-0.1, -0.05) is 19.8 Å². The van der Waals surface area contributed by atoms with Crippen LogP contribution in [0.4, 0.5) is 10.5 Å². The van der Waals surface area contributed by atoms with Crippen LogP contribution in [0.15, 0.2) is 23.1 Å². The SMILES string of the molecule is C[C@@H]1CCCC[C@@H]1NC(=O)NC(=O)Cn1cc([N+](=O)[O-])ccc1=O. The zero-order valence-electron chi connectivity index (χ0n) is 13.4. The second-order valence-electron chi connectivity index (χ2n) is 6.00. The number of carbonyl (C=O) groups excluding carboxylic acids is 2. The number of amides is 3. The van der Waals surface area contributed by atoms with Crippen LogP contribution in [0.5, 0.6) is 0 Å². The Morgan fingerprint density at radius 3 is 2.71 bits per heavy atom. The quantitative estimate of drug-likeness (QED) is 0.631. The molecule has 0 unspecified atom stereocenters. The van der Waals surface area contributed by atoms with Gasteiger partial charge in [0.15, 0.2) is 0 Å². The van der Waals surface area contributed by atoms with Crippen LogP contribution in [0.3, 0.4) is 0 Å². The third-order valence-electron chi connectivity index (χ3n) is 4.17. The second-order valence-corrected chi connectivity index (χ2v) is 6.00. The first-order valence-electron chi connectivity index (χ1n) is 7.82. The van der Waals surface area contributed by atoms with E-state index >= 15 is 0 Å². The predicted octanol–water partition coefficient (Wildman–Crippen LogP) is 1.16. The van der Waals surface area contributed by atoms with E-state index in [1.54, 1.807) is 0 Å². The molecule has 0 radical (unpaired) electrons. The molecule has 3 amide bonds. The molecule has 2 atom stereocenters. The molecule has 0 aliphatic heterocycles. The Labute approximate surface area is 138 Å². The van der Waals surface area contributed by atoms with Crippen molar-refractivity contribution in [3.63, 3.8) is 0 Å². The molecule has 2 N–H and O–H groups in total. The van der Waals surface area contributed by atoms with Crippen molar-refractivity contribution >= 4 is 17.6 Å². The molecular formula is C15H20N4O5. The molecule has 0 bridgehead atoms. The lowest BCUT2D eigenvalue weighted by molar-refractivity contribution is -0.385. The van der Waals surface area contributed by atoms with Crippen LogP contribution < -0.4 is 16.2 Å². The summed E-state index contributed by atoms with van der Waals surface area (Å²) >= 11 is 0. The maximum Gasteiger partial charge on any atom is 0.321 e. The number of hydrogen-bond donors (Lipinski definition) is 2. The molecule has 1 aromatic heterocycles. The number of rotatable bonds is 4. The number of aromatic nitrogens is 1. The zero-order chi connectivity index (χ0) is 17.7. The molecule has 1 aliphatic carbocycles. The fourth-order valence-corrected chi connectivity index (χ4v) is 2.81. The standard InChI is InChI=1S/C15H20N4O5/c1-10-4-2-3-5-12(10)16-15(22)17-13(20)9-18-8-11(19(23)24)6-7-14(18)21/h6-8,10,12H,2-5,9H2,1H3,(H2,16,17,20,22)/t10-,12+/m1/s1.